The number of rotatable bonds is 7. The molecular weight excluding hydrogens is 256 g/mol. The number of benzene rings is 1. The van der Waals surface area contributed by atoms with Gasteiger partial charge in [0.15, 0.2) is 0 Å². The molecule has 0 aromatic heterocycles. The van der Waals surface area contributed by atoms with Crippen molar-refractivity contribution in [3.05, 3.63) is 35.9 Å². The topological polar surface area (TPSA) is 69.6 Å². The zero-order valence-corrected chi connectivity index (χ0v) is 11.8. The van der Waals surface area contributed by atoms with Gasteiger partial charge in [0.2, 0.25) is 5.91 Å². The van der Waals surface area contributed by atoms with Gasteiger partial charge in [0.1, 0.15) is 0 Å². The van der Waals surface area contributed by atoms with Crippen LogP contribution in [0.4, 0.5) is 5.69 Å². The number of carbonyl (C=O) groups excluding carboxylic acids is 1. The number of aliphatic carboxylic acids is 1. The van der Waals surface area contributed by atoms with Crippen molar-refractivity contribution < 1.29 is 14.7 Å². The zero-order valence-electron chi connectivity index (χ0n) is 11.8. The zero-order chi connectivity index (χ0) is 15.0. The number of hydrogen-bond donors (Lipinski definition) is 2. The van der Waals surface area contributed by atoms with Crippen molar-refractivity contribution in [2.24, 2.45) is 0 Å². The summed E-state index contributed by atoms with van der Waals surface area (Å²) in [6.07, 6.45) is 3.54. The van der Waals surface area contributed by atoms with Crippen molar-refractivity contribution in [2.45, 2.75) is 13.3 Å². The fourth-order valence-corrected chi connectivity index (χ4v) is 1.88. The molecule has 0 saturated heterocycles. The molecule has 0 spiro atoms. The first kappa shape index (κ1) is 15.8. The lowest BCUT2D eigenvalue weighted by atomic mass is 10.1. The van der Waals surface area contributed by atoms with E-state index in [9.17, 15) is 9.59 Å². The second-order valence-corrected chi connectivity index (χ2v) is 4.33. The molecule has 0 heterocycles. The summed E-state index contributed by atoms with van der Waals surface area (Å²) >= 11 is 0. The van der Waals surface area contributed by atoms with E-state index in [0.29, 0.717) is 0 Å². The van der Waals surface area contributed by atoms with Gasteiger partial charge in [-0.15, -0.1) is 0 Å². The average Bonchev–Trinajstić information content (AvgIpc) is 2.44. The minimum Gasteiger partial charge on any atom is -0.478 e. The Morgan fingerprint density at radius 3 is 2.65 bits per heavy atom. The van der Waals surface area contributed by atoms with Crippen molar-refractivity contribution in [2.75, 3.05) is 25.0 Å². The van der Waals surface area contributed by atoms with Gasteiger partial charge in [-0.25, -0.2) is 4.79 Å². The average molecular weight is 276 g/mol. The fraction of sp³-hybridized carbons (Fsp3) is 0.333. The Balaban J connectivity index is 3.05. The van der Waals surface area contributed by atoms with Crippen LogP contribution >= 0.6 is 0 Å². The van der Waals surface area contributed by atoms with Crippen LogP contribution in [0.25, 0.3) is 6.08 Å². The van der Waals surface area contributed by atoms with Gasteiger partial charge >= 0.3 is 5.97 Å². The Hall–Kier alpha value is -2.30. The van der Waals surface area contributed by atoms with Gasteiger partial charge in [-0.05, 0) is 24.1 Å². The molecule has 2 N–H and O–H groups in total. The Kier molecular flexibility index (Phi) is 6.29. The van der Waals surface area contributed by atoms with Crippen LogP contribution in [0.3, 0.4) is 0 Å². The first-order chi connectivity index (χ1) is 9.58. The van der Waals surface area contributed by atoms with Crippen molar-refractivity contribution in [3.63, 3.8) is 0 Å². The molecule has 0 aliphatic rings. The van der Waals surface area contributed by atoms with Crippen LogP contribution < -0.4 is 10.2 Å². The lowest BCUT2D eigenvalue weighted by Crippen LogP contribution is -2.36. The molecule has 108 valence electrons. The van der Waals surface area contributed by atoms with E-state index < -0.39 is 5.97 Å². The van der Waals surface area contributed by atoms with Crippen molar-refractivity contribution in [3.8, 4) is 0 Å². The molecule has 1 rings (SSSR count). The number of anilines is 1. The molecule has 5 heteroatoms. The molecule has 0 aliphatic carbocycles. The Bertz CT molecular complexity index is 498. The number of amides is 1. The lowest BCUT2D eigenvalue weighted by Gasteiger charge is -2.25. The van der Waals surface area contributed by atoms with Gasteiger partial charge in [-0.3, -0.25) is 4.79 Å². The van der Waals surface area contributed by atoms with Crippen LogP contribution in [0.1, 0.15) is 18.9 Å². The maximum absolute atomic E-state index is 11.6. The van der Waals surface area contributed by atoms with Crippen molar-refractivity contribution in [1.29, 1.82) is 0 Å². The summed E-state index contributed by atoms with van der Waals surface area (Å²) < 4.78 is 0. The van der Waals surface area contributed by atoms with Gasteiger partial charge in [-0.2, -0.15) is 0 Å². The van der Waals surface area contributed by atoms with Crippen LogP contribution in [-0.4, -0.2) is 37.1 Å². The van der Waals surface area contributed by atoms with Gasteiger partial charge in [0, 0.05) is 25.4 Å². The molecule has 0 bridgehead atoms. The predicted octanol–water partition coefficient (Wildman–Crippen LogP) is 1.75. The molecule has 1 amide bonds. The summed E-state index contributed by atoms with van der Waals surface area (Å²) in [6, 6.07) is 7.44. The van der Waals surface area contributed by atoms with E-state index in [-0.39, 0.29) is 12.5 Å². The summed E-state index contributed by atoms with van der Waals surface area (Å²) in [7, 11) is 1.60. The number of carboxylic acids is 1. The summed E-state index contributed by atoms with van der Waals surface area (Å²) in [4.78, 5) is 24.2. The van der Waals surface area contributed by atoms with Crippen molar-refractivity contribution >= 4 is 23.6 Å². The normalized spacial score (nSPS) is 10.5. The van der Waals surface area contributed by atoms with Gasteiger partial charge in [0.25, 0.3) is 0 Å². The molecule has 0 saturated carbocycles. The molecule has 0 fully saturated rings. The van der Waals surface area contributed by atoms with E-state index in [4.69, 9.17) is 5.11 Å². The third-order valence-electron chi connectivity index (χ3n) is 2.79. The number of nitrogens with one attached hydrogen (secondary N) is 1. The van der Waals surface area contributed by atoms with E-state index in [2.05, 4.69) is 5.32 Å². The summed E-state index contributed by atoms with van der Waals surface area (Å²) in [5, 5.41) is 11.3. The standard InChI is InChI=1S/C15H20N2O3/c1-3-10-17(11-14(18)16-2)13-7-5-4-6-12(13)8-9-15(19)20/h4-9H,3,10-11H2,1-2H3,(H,16,18)(H,19,20). The summed E-state index contributed by atoms with van der Waals surface area (Å²) in [6.45, 7) is 3.01. The van der Waals surface area contributed by atoms with Crippen LogP contribution in [0, 0.1) is 0 Å². The van der Waals surface area contributed by atoms with E-state index in [1.54, 1.807) is 13.1 Å². The smallest absolute Gasteiger partial charge is 0.328 e. The summed E-state index contributed by atoms with van der Waals surface area (Å²) in [5.74, 6) is -1.07. The number of hydrogen-bond acceptors (Lipinski definition) is 3. The highest BCUT2D eigenvalue weighted by molar-refractivity contribution is 5.88. The van der Waals surface area contributed by atoms with E-state index in [1.165, 1.54) is 0 Å². The number of likely N-dealkylation sites (N-methyl/N-ethyl adjacent to an activating group) is 1. The van der Waals surface area contributed by atoms with Crippen molar-refractivity contribution in [1.82, 2.24) is 5.32 Å². The number of para-hydroxylation sites is 1. The fourth-order valence-electron chi connectivity index (χ4n) is 1.88. The monoisotopic (exact) mass is 276 g/mol. The molecule has 1 aromatic rings. The van der Waals surface area contributed by atoms with Gasteiger partial charge < -0.3 is 15.3 Å². The Morgan fingerprint density at radius 1 is 1.35 bits per heavy atom. The van der Waals surface area contributed by atoms with Gasteiger partial charge in [0.05, 0.1) is 6.54 Å². The molecule has 0 aliphatic heterocycles. The highest BCUT2D eigenvalue weighted by Crippen LogP contribution is 2.22. The highest BCUT2D eigenvalue weighted by Gasteiger charge is 2.12. The number of nitrogens with zero attached hydrogens (tertiary/aromatic N) is 1. The molecule has 5 nitrogen and oxygen atoms in total. The first-order valence-electron chi connectivity index (χ1n) is 6.54. The Morgan fingerprint density at radius 2 is 2.05 bits per heavy atom. The maximum atomic E-state index is 11.6. The molecule has 0 unspecified atom stereocenters. The van der Waals surface area contributed by atoms with Gasteiger partial charge in [-0.1, -0.05) is 25.1 Å². The lowest BCUT2D eigenvalue weighted by molar-refractivity contribution is -0.131. The minimum atomic E-state index is -0.992. The third-order valence-corrected chi connectivity index (χ3v) is 2.79. The Labute approximate surface area is 118 Å². The van der Waals surface area contributed by atoms with E-state index >= 15 is 0 Å². The van der Waals surface area contributed by atoms with Crippen LogP contribution in [-0.2, 0) is 9.59 Å². The molecule has 0 atom stereocenters. The molecule has 20 heavy (non-hydrogen) atoms. The van der Waals surface area contributed by atoms with E-state index in [0.717, 1.165) is 30.3 Å². The minimum absolute atomic E-state index is 0.0736. The molecule has 0 radical (unpaired) electrons. The second kappa shape index (κ2) is 7.99. The van der Waals surface area contributed by atoms with Crippen LogP contribution in [0.2, 0.25) is 0 Å². The largest absolute Gasteiger partial charge is 0.478 e. The maximum Gasteiger partial charge on any atom is 0.328 e. The van der Waals surface area contributed by atoms with Crippen LogP contribution in [0.15, 0.2) is 30.3 Å². The SMILES string of the molecule is CCCN(CC(=O)NC)c1ccccc1C=CC(=O)O. The second-order valence-electron chi connectivity index (χ2n) is 4.33. The van der Waals surface area contributed by atoms with Crippen LogP contribution in [0.5, 0.6) is 0 Å². The molecular formula is C15H20N2O3. The first-order valence-corrected chi connectivity index (χ1v) is 6.54. The van der Waals surface area contributed by atoms with E-state index in [1.807, 2.05) is 36.1 Å². The summed E-state index contributed by atoms with van der Waals surface area (Å²) in [5.41, 5.74) is 1.64. The quantitative estimate of drug-likeness (QED) is 0.744. The number of carboxylic acid groups (broad SMARTS) is 1. The highest BCUT2D eigenvalue weighted by atomic mass is 16.4. The third kappa shape index (κ3) is 4.76. The molecule has 1 aromatic carbocycles. The predicted molar refractivity (Wildman–Crippen MR) is 79.7 cm³/mol. The number of carbonyl (C=O) groups is 2.